The number of rotatable bonds is 3. The van der Waals surface area contributed by atoms with Gasteiger partial charge in [-0.3, -0.25) is 0 Å². The SMILES string of the molecule is Nc1ccc(OCc2cc(N)ccc2N)c(N)c1. The minimum Gasteiger partial charge on any atom is -0.487 e. The first-order chi connectivity index (χ1) is 8.56. The normalized spacial score (nSPS) is 10.2. The number of ether oxygens (including phenoxy) is 1. The molecule has 0 aromatic heterocycles. The highest BCUT2D eigenvalue weighted by atomic mass is 16.5. The van der Waals surface area contributed by atoms with Crippen LogP contribution in [0.4, 0.5) is 22.7 Å². The van der Waals surface area contributed by atoms with Gasteiger partial charge in [-0.1, -0.05) is 0 Å². The van der Waals surface area contributed by atoms with Crippen LogP contribution < -0.4 is 27.7 Å². The summed E-state index contributed by atoms with van der Waals surface area (Å²) in [5, 5.41) is 0. The van der Waals surface area contributed by atoms with Crippen molar-refractivity contribution in [3.8, 4) is 5.75 Å². The van der Waals surface area contributed by atoms with Crippen LogP contribution in [0.1, 0.15) is 5.56 Å². The molecule has 0 unspecified atom stereocenters. The van der Waals surface area contributed by atoms with E-state index in [1.165, 1.54) is 0 Å². The van der Waals surface area contributed by atoms with Crippen molar-refractivity contribution in [2.45, 2.75) is 6.61 Å². The highest BCUT2D eigenvalue weighted by Gasteiger charge is 2.04. The molecule has 0 fully saturated rings. The molecule has 0 spiro atoms. The Balaban J connectivity index is 2.13. The average molecular weight is 244 g/mol. The summed E-state index contributed by atoms with van der Waals surface area (Å²) in [5.41, 5.74) is 26.1. The van der Waals surface area contributed by atoms with Crippen LogP contribution in [0, 0.1) is 0 Å². The van der Waals surface area contributed by atoms with E-state index in [2.05, 4.69) is 0 Å². The molecule has 0 aliphatic rings. The molecule has 0 heterocycles. The Bertz CT molecular complexity index is 569. The fourth-order valence-corrected chi connectivity index (χ4v) is 1.60. The fourth-order valence-electron chi connectivity index (χ4n) is 1.60. The molecule has 0 aliphatic heterocycles. The maximum absolute atomic E-state index is 5.83. The van der Waals surface area contributed by atoms with Crippen LogP contribution in [0.5, 0.6) is 5.75 Å². The van der Waals surface area contributed by atoms with Crippen LogP contribution in [0.3, 0.4) is 0 Å². The van der Waals surface area contributed by atoms with Crippen molar-refractivity contribution in [3.63, 3.8) is 0 Å². The maximum atomic E-state index is 5.83. The molecular formula is C13H16N4O. The van der Waals surface area contributed by atoms with E-state index in [1.54, 1.807) is 36.4 Å². The van der Waals surface area contributed by atoms with Crippen LogP contribution in [0.15, 0.2) is 36.4 Å². The third-order valence-electron chi connectivity index (χ3n) is 2.58. The maximum Gasteiger partial charge on any atom is 0.142 e. The first-order valence-electron chi connectivity index (χ1n) is 5.48. The number of anilines is 4. The molecule has 2 rings (SSSR count). The van der Waals surface area contributed by atoms with Crippen molar-refractivity contribution < 1.29 is 4.74 Å². The highest BCUT2D eigenvalue weighted by Crippen LogP contribution is 2.25. The van der Waals surface area contributed by atoms with Crippen molar-refractivity contribution in [2.24, 2.45) is 0 Å². The zero-order valence-corrected chi connectivity index (χ0v) is 9.89. The summed E-state index contributed by atoms with van der Waals surface area (Å²) in [7, 11) is 0. The molecule has 0 aliphatic carbocycles. The van der Waals surface area contributed by atoms with Crippen molar-refractivity contribution >= 4 is 22.7 Å². The molecule has 18 heavy (non-hydrogen) atoms. The Labute approximate surface area is 105 Å². The zero-order chi connectivity index (χ0) is 13.1. The topological polar surface area (TPSA) is 113 Å². The van der Waals surface area contributed by atoms with E-state index in [1.807, 2.05) is 0 Å². The van der Waals surface area contributed by atoms with Crippen LogP contribution in [-0.2, 0) is 6.61 Å². The number of hydrogen-bond acceptors (Lipinski definition) is 5. The highest BCUT2D eigenvalue weighted by molar-refractivity contribution is 5.61. The number of nitrogen functional groups attached to an aromatic ring is 4. The first kappa shape index (κ1) is 11.9. The molecule has 0 saturated heterocycles. The molecule has 5 nitrogen and oxygen atoms in total. The lowest BCUT2D eigenvalue weighted by atomic mass is 10.1. The van der Waals surface area contributed by atoms with Crippen molar-refractivity contribution in [1.29, 1.82) is 0 Å². The zero-order valence-electron chi connectivity index (χ0n) is 9.89. The minimum atomic E-state index is 0.311. The first-order valence-corrected chi connectivity index (χ1v) is 5.48. The summed E-state index contributed by atoms with van der Waals surface area (Å²) in [4.78, 5) is 0. The molecule has 2 aromatic rings. The van der Waals surface area contributed by atoms with Gasteiger partial charge < -0.3 is 27.7 Å². The van der Waals surface area contributed by atoms with Gasteiger partial charge in [0.25, 0.3) is 0 Å². The van der Waals surface area contributed by atoms with Crippen molar-refractivity contribution in [1.82, 2.24) is 0 Å². The smallest absolute Gasteiger partial charge is 0.142 e. The van der Waals surface area contributed by atoms with Crippen molar-refractivity contribution in [2.75, 3.05) is 22.9 Å². The van der Waals surface area contributed by atoms with Gasteiger partial charge in [0.05, 0.1) is 5.69 Å². The molecule has 8 N–H and O–H groups in total. The molecule has 0 bridgehead atoms. The quantitative estimate of drug-likeness (QED) is 0.612. The van der Waals surface area contributed by atoms with E-state index in [0.29, 0.717) is 35.1 Å². The Morgan fingerprint density at radius 2 is 1.44 bits per heavy atom. The molecule has 2 aromatic carbocycles. The Morgan fingerprint density at radius 1 is 0.778 bits per heavy atom. The predicted molar refractivity (Wildman–Crippen MR) is 74.9 cm³/mol. The second-order valence-electron chi connectivity index (χ2n) is 4.04. The van der Waals surface area contributed by atoms with E-state index in [-0.39, 0.29) is 0 Å². The van der Waals surface area contributed by atoms with Gasteiger partial charge in [0, 0.05) is 22.6 Å². The standard InChI is InChI=1S/C13H16N4O/c14-9-1-3-11(16)8(5-9)7-18-13-4-2-10(15)6-12(13)17/h1-6H,7,14-17H2. The van der Waals surface area contributed by atoms with Gasteiger partial charge in [0.1, 0.15) is 12.4 Å². The monoisotopic (exact) mass is 244 g/mol. The van der Waals surface area contributed by atoms with Crippen LogP contribution in [0.2, 0.25) is 0 Å². The lowest BCUT2D eigenvalue weighted by Crippen LogP contribution is -2.03. The largest absolute Gasteiger partial charge is 0.487 e. The Hall–Kier alpha value is -2.56. The predicted octanol–water partition coefficient (Wildman–Crippen LogP) is 1.59. The molecule has 5 heteroatoms. The summed E-state index contributed by atoms with van der Waals surface area (Å²) in [6.07, 6.45) is 0. The third kappa shape index (κ3) is 2.57. The van der Waals surface area contributed by atoms with Gasteiger partial charge in [0.15, 0.2) is 0 Å². The molecular weight excluding hydrogens is 228 g/mol. The van der Waals surface area contributed by atoms with Crippen LogP contribution >= 0.6 is 0 Å². The van der Waals surface area contributed by atoms with Crippen LogP contribution in [0.25, 0.3) is 0 Å². The van der Waals surface area contributed by atoms with Crippen molar-refractivity contribution in [3.05, 3.63) is 42.0 Å². The third-order valence-corrected chi connectivity index (χ3v) is 2.58. The minimum absolute atomic E-state index is 0.311. The number of benzene rings is 2. The molecule has 94 valence electrons. The molecule has 0 atom stereocenters. The van der Waals surface area contributed by atoms with E-state index in [9.17, 15) is 0 Å². The Morgan fingerprint density at radius 3 is 2.17 bits per heavy atom. The van der Waals surface area contributed by atoms with E-state index in [0.717, 1.165) is 5.56 Å². The lowest BCUT2D eigenvalue weighted by Gasteiger charge is -2.11. The summed E-state index contributed by atoms with van der Waals surface area (Å²) in [6.45, 7) is 0.311. The summed E-state index contributed by atoms with van der Waals surface area (Å²) >= 11 is 0. The van der Waals surface area contributed by atoms with E-state index >= 15 is 0 Å². The number of hydrogen-bond donors (Lipinski definition) is 4. The fraction of sp³-hybridized carbons (Fsp3) is 0.0769. The van der Waals surface area contributed by atoms with Gasteiger partial charge in [-0.2, -0.15) is 0 Å². The molecule has 0 radical (unpaired) electrons. The molecule has 0 saturated carbocycles. The second-order valence-corrected chi connectivity index (χ2v) is 4.04. The van der Waals surface area contributed by atoms with E-state index in [4.69, 9.17) is 27.7 Å². The summed E-state index contributed by atoms with van der Waals surface area (Å²) in [5.74, 6) is 0.575. The van der Waals surface area contributed by atoms with Gasteiger partial charge in [-0.15, -0.1) is 0 Å². The van der Waals surface area contributed by atoms with Gasteiger partial charge in [0.2, 0.25) is 0 Å². The molecule has 0 amide bonds. The lowest BCUT2D eigenvalue weighted by molar-refractivity contribution is 0.309. The summed E-state index contributed by atoms with van der Waals surface area (Å²) < 4.78 is 5.60. The van der Waals surface area contributed by atoms with Gasteiger partial charge >= 0.3 is 0 Å². The average Bonchev–Trinajstić information content (AvgIpc) is 2.32. The summed E-state index contributed by atoms with van der Waals surface area (Å²) in [6, 6.07) is 10.4. The van der Waals surface area contributed by atoms with Crippen LogP contribution in [-0.4, -0.2) is 0 Å². The van der Waals surface area contributed by atoms with Gasteiger partial charge in [-0.05, 0) is 36.4 Å². The Kier molecular flexibility index (Phi) is 3.14. The second kappa shape index (κ2) is 4.75. The number of nitrogens with two attached hydrogens (primary N) is 4. The van der Waals surface area contributed by atoms with Gasteiger partial charge in [-0.25, -0.2) is 0 Å². The van der Waals surface area contributed by atoms with E-state index < -0.39 is 0 Å².